The van der Waals surface area contributed by atoms with E-state index in [0.29, 0.717) is 12.8 Å². The summed E-state index contributed by atoms with van der Waals surface area (Å²) < 4.78 is 12.6. The number of alkyl halides is 1. The van der Waals surface area contributed by atoms with Gasteiger partial charge in [0.05, 0.1) is 6.10 Å². The molecule has 1 N–H and O–H groups in total. The van der Waals surface area contributed by atoms with Crippen LogP contribution in [0.25, 0.3) is 0 Å². The van der Waals surface area contributed by atoms with Crippen molar-refractivity contribution in [2.45, 2.75) is 45.4 Å². The highest BCUT2D eigenvalue weighted by Crippen LogP contribution is 2.16. The Morgan fingerprint density at radius 3 is 2.11 bits per heavy atom. The van der Waals surface area contributed by atoms with Crippen molar-refractivity contribution in [3.05, 3.63) is 0 Å². The molecule has 2 heteroatoms. The maximum Gasteiger partial charge on any atom is 0.105 e. The van der Waals surface area contributed by atoms with Crippen LogP contribution in [-0.2, 0) is 0 Å². The lowest BCUT2D eigenvalue weighted by Gasteiger charge is -2.14. The van der Waals surface area contributed by atoms with Gasteiger partial charge < -0.3 is 5.11 Å². The Bertz CT molecular complexity index is 73.5. The molecule has 0 aromatic heterocycles. The Morgan fingerprint density at radius 2 is 2.00 bits per heavy atom. The number of aliphatic hydroxyl groups excluding tert-OH is 1. The van der Waals surface area contributed by atoms with Gasteiger partial charge in [-0.3, -0.25) is 0 Å². The van der Waals surface area contributed by atoms with E-state index >= 15 is 0 Å². The van der Waals surface area contributed by atoms with Crippen LogP contribution in [0.2, 0.25) is 0 Å². The minimum Gasteiger partial charge on any atom is -0.393 e. The topological polar surface area (TPSA) is 20.2 Å². The molecule has 56 valence electrons. The lowest BCUT2D eigenvalue weighted by molar-refractivity contribution is 0.133. The highest BCUT2D eigenvalue weighted by Gasteiger charge is 2.15. The molecule has 0 fully saturated rings. The smallest absolute Gasteiger partial charge is 0.105 e. The van der Waals surface area contributed by atoms with Gasteiger partial charge in [0.25, 0.3) is 0 Å². The highest BCUT2D eigenvalue weighted by molar-refractivity contribution is 4.66. The Morgan fingerprint density at radius 1 is 1.56 bits per heavy atom. The van der Waals surface area contributed by atoms with E-state index in [9.17, 15) is 4.39 Å². The SMILES string of the molecule is CC(O)CCC(C)(C)F. The van der Waals surface area contributed by atoms with Crippen molar-refractivity contribution < 1.29 is 9.50 Å². The molecule has 0 saturated carbocycles. The van der Waals surface area contributed by atoms with Gasteiger partial charge in [0.15, 0.2) is 0 Å². The van der Waals surface area contributed by atoms with Crippen molar-refractivity contribution in [1.82, 2.24) is 0 Å². The quantitative estimate of drug-likeness (QED) is 0.625. The average Bonchev–Trinajstić information content (AvgIpc) is 1.59. The summed E-state index contributed by atoms with van der Waals surface area (Å²) in [6.07, 6.45) is 0.605. The average molecular weight is 134 g/mol. The van der Waals surface area contributed by atoms with Crippen LogP contribution in [0.3, 0.4) is 0 Å². The lowest BCUT2D eigenvalue weighted by Crippen LogP contribution is -2.14. The van der Waals surface area contributed by atoms with E-state index in [1.165, 1.54) is 13.8 Å². The molecule has 0 aliphatic heterocycles. The standard InChI is InChI=1S/C7H15FO/c1-6(9)4-5-7(2,3)8/h6,9H,4-5H2,1-3H3. The first-order valence-electron chi connectivity index (χ1n) is 3.29. The highest BCUT2D eigenvalue weighted by atomic mass is 19.1. The number of halogens is 1. The van der Waals surface area contributed by atoms with Gasteiger partial charge in [-0.2, -0.15) is 0 Å². The second kappa shape index (κ2) is 3.16. The molecule has 1 unspecified atom stereocenters. The minimum absolute atomic E-state index is 0.375. The molecule has 1 nitrogen and oxygen atoms in total. The predicted molar refractivity (Wildman–Crippen MR) is 36.1 cm³/mol. The molecule has 0 aromatic rings. The molecule has 0 spiro atoms. The minimum atomic E-state index is -1.13. The summed E-state index contributed by atoms with van der Waals surface area (Å²) in [4.78, 5) is 0. The Kier molecular flexibility index (Phi) is 3.12. The molecule has 0 aliphatic carbocycles. The number of hydrogen-bond acceptors (Lipinski definition) is 1. The van der Waals surface area contributed by atoms with Crippen LogP contribution >= 0.6 is 0 Å². The van der Waals surface area contributed by atoms with Gasteiger partial charge in [-0.05, 0) is 33.6 Å². The monoisotopic (exact) mass is 134 g/mol. The zero-order chi connectivity index (χ0) is 7.49. The summed E-state index contributed by atoms with van der Waals surface area (Å²) in [6, 6.07) is 0. The van der Waals surface area contributed by atoms with E-state index < -0.39 is 5.67 Å². The van der Waals surface area contributed by atoms with Gasteiger partial charge in [0, 0.05) is 0 Å². The summed E-state index contributed by atoms with van der Waals surface area (Å²) in [5.74, 6) is 0. The Balaban J connectivity index is 3.28. The molecule has 0 saturated heterocycles. The maximum atomic E-state index is 12.6. The molecule has 0 bridgehead atoms. The van der Waals surface area contributed by atoms with Crippen LogP contribution in [0.5, 0.6) is 0 Å². The Labute approximate surface area is 55.9 Å². The molecule has 0 radical (unpaired) electrons. The number of aliphatic hydroxyl groups is 1. The molecule has 0 heterocycles. The third-order valence-electron chi connectivity index (χ3n) is 1.16. The van der Waals surface area contributed by atoms with Gasteiger partial charge in [0.1, 0.15) is 5.67 Å². The normalized spacial score (nSPS) is 15.7. The predicted octanol–water partition coefficient (Wildman–Crippen LogP) is 1.90. The molecule has 1 atom stereocenters. The first-order chi connectivity index (χ1) is 3.92. The van der Waals surface area contributed by atoms with Crippen LogP contribution in [0.15, 0.2) is 0 Å². The van der Waals surface area contributed by atoms with Crippen molar-refractivity contribution in [2.75, 3.05) is 0 Å². The van der Waals surface area contributed by atoms with E-state index in [1.54, 1.807) is 6.92 Å². The molecule has 0 aromatic carbocycles. The lowest BCUT2D eigenvalue weighted by atomic mass is 10.0. The first kappa shape index (κ1) is 8.89. The third kappa shape index (κ3) is 7.89. The summed E-state index contributed by atoms with van der Waals surface area (Å²) in [5.41, 5.74) is -1.13. The van der Waals surface area contributed by atoms with Crippen LogP contribution in [0.1, 0.15) is 33.6 Å². The molecule has 9 heavy (non-hydrogen) atoms. The van der Waals surface area contributed by atoms with E-state index in [0.717, 1.165) is 0 Å². The van der Waals surface area contributed by atoms with Gasteiger partial charge in [-0.25, -0.2) is 4.39 Å². The van der Waals surface area contributed by atoms with Crippen LogP contribution < -0.4 is 0 Å². The van der Waals surface area contributed by atoms with E-state index in [1.807, 2.05) is 0 Å². The van der Waals surface area contributed by atoms with Gasteiger partial charge in [-0.15, -0.1) is 0 Å². The fraction of sp³-hybridized carbons (Fsp3) is 1.00. The summed E-state index contributed by atoms with van der Waals surface area (Å²) >= 11 is 0. The second-order valence-corrected chi connectivity index (χ2v) is 3.11. The van der Waals surface area contributed by atoms with Crippen LogP contribution in [0.4, 0.5) is 4.39 Å². The maximum absolute atomic E-state index is 12.6. The molecule has 0 aliphatic rings. The van der Waals surface area contributed by atoms with Crippen molar-refractivity contribution in [1.29, 1.82) is 0 Å². The summed E-state index contributed by atoms with van der Waals surface area (Å²) in [6.45, 7) is 4.72. The van der Waals surface area contributed by atoms with E-state index in [4.69, 9.17) is 5.11 Å². The number of hydrogen-bond donors (Lipinski definition) is 1. The van der Waals surface area contributed by atoms with Crippen molar-refractivity contribution in [3.8, 4) is 0 Å². The fourth-order valence-corrected chi connectivity index (χ4v) is 0.552. The summed E-state index contributed by atoms with van der Waals surface area (Å²) in [5, 5.41) is 8.75. The van der Waals surface area contributed by atoms with E-state index in [-0.39, 0.29) is 6.10 Å². The fourth-order valence-electron chi connectivity index (χ4n) is 0.552. The molecular formula is C7H15FO. The van der Waals surface area contributed by atoms with Gasteiger partial charge >= 0.3 is 0 Å². The molecule has 0 rings (SSSR count). The van der Waals surface area contributed by atoms with E-state index in [2.05, 4.69) is 0 Å². The van der Waals surface area contributed by atoms with Crippen molar-refractivity contribution in [2.24, 2.45) is 0 Å². The zero-order valence-corrected chi connectivity index (χ0v) is 6.32. The van der Waals surface area contributed by atoms with Gasteiger partial charge in [0.2, 0.25) is 0 Å². The molecular weight excluding hydrogens is 119 g/mol. The largest absolute Gasteiger partial charge is 0.393 e. The number of rotatable bonds is 3. The Hall–Kier alpha value is -0.110. The van der Waals surface area contributed by atoms with Crippen LogP contribution in [-0.4, -0.2) is 16.9 Å². The second-order valence-electron chi connectivity index (χ2n) is 3.11. The first-order valence-corrected chi connectivity index (χ1v) is 3.29. The van der Waals surface area contributed by atoms with Crippen LogP contribution in [0, 0.1) is 0 Å². The van der Waals surface area contributed by atoms with Crippen molar-refractivity contribution in [3.63, 3.8) is 0 Å². The molecule has 0 amide bonds. The van der Waals surface area contributed by atoms with Crippen molar-refractivity contribution >= 4 is 0 Å². The van der Waals surface area contributed by atoms with Gasteiger partial charge in [-0.1, -0.05) is 0 Å². The zero-order valence-electron chi connectivity index (χ0n) is 6.32. The summed E-state index contributed by atoms with van der Waals surface area (Å²) in [7, 11) is 0. The third-order valence-corrected chi connectivity index (χ3v) is 1.16.